The van der Waals surface area contributed by atoms with Gasteiger partial charge in [-0.05, 0) is 41.9 Å². The standard InChI is InChI=1S/C14H9Cl4N3O2/c1-6-10(17)5-11(13(21-23)12(6)18)20-14(22)19-9-3-7(15)2-8(16)4-9/h2-5H,1H3,(H2,19,20,22). The van der Waals surface area contributed by atoms with Gasteiger partial charge in [0.15, 0.2) is 0 Å². The van der Waals surface area contributed by atoms with Crippen molar-refractivity contribution in [3.63, 3.8) is 0 Å². The van der Waals surface area contributed by atoms with Crippen molar-refractivity contribution in [2.45, 2.75) is 6.92 Å². The van der Waals surface area contributed by atoms with Crippen LogP contribution in [0.15, 0.2) is 29.4 Å². The van der Waals surface area contributed by atoms with E-state index in [0.717, 1.165) is 0 Å². The smallest absolute Gasteiger partial charge is 0.308 e. The summed E-state index contributed by atoms with van der Waals surface area (Å²) in [5, 5.41) is 8.92. The van der Waals surface area contributed by atoms with Gasteiger partial charge < -0.3 is 10.6 Å². The van der Waals surface area contributed by atoms with Gasteiger partial charge in [0.1, 0.15) is 5.69 Å². The van der Waals surface area contributed by atoms with Gasteiger partial charge in [0.05, 0.1) is 10.7 Å². The predicted molar refractivity (Wildman–Crippen MR) is 95.8 cm³/mol. The van der Waals surface area contributed by atoms with Crippen LogP contribution in [0.1, 0.15) is 5.56 Å². The van der Waals surface area contributed by atoms with E-state index in [1.165, 1.54) is 24.3 Å². The molecular formula is C14H9Cl4N3O2. The Morgan fingerprint density at radius 3 is 2.17 bits per heavy atom. The molecule has 2 amide bonds. The normalized spacial score (nSPS) is 10.3. The lowest BCUT2D eigenvalue weighted by Gasteiger charge is -2.12. The molecule has 23 heavy (non-hydrogen) atoms. The number of anilines is 2. The minimum atomic E-state index is -0.635. The Morgan fingerprint density at radius 1 is 1.00 bits per heavy atom. The highest BCUT2D eigenvalue weighted by Gasteiger charge is 2.16. The number of urea groups is 1. The van der Waals surface area contributed by atoms with Crippen molar-refractivity contribution in [3.05, 3.63) is 54.8 Å². The summed E-state index contributed by atoms with van der Waals surface area (Å²) in [6, 6.07) is 5.32. The highest BCUT2D eigenvalue weighted by atomic mass is 35.5. The number of hydrogen-bond acceptors (Lipinski definition) is 3. The maximum atomic E-state index is 12.0. The average Bonchev–Trinajstić information content (AvgIpc) is 2.44. The lowest BCUT2D eigenvalue weighted by atomic mass is 10.2. The minimum absolute atomic E-state index is 0.0774. The first-order chi connectivity index (χ1) is 10.8. The van der Waals surface area contributed by atoms with Crippen LogP contribution in [0, 0.1) is 11.8 Å². The summed E-state index contributed by atoms with van der Waals surface area (Å²) >= 11 is 23.7. The van der Waals surface area contributed by atoms with Gasteiger partial charge in [-0.3, -0.25) is 0 Å². The average molecular weight is 393 g/mol. The fourth-order valence-electron chi connectivity index (χ4n) is 1.80. The van der Waals surface area contributed by atoms with E-state index in [1.807, 2.05) is 0 Å². The summed E-state index contributed by atoms with van der Waals surface area (Å²) in [4.78, 5) is 23.0. The van der Waals surface area contributed by atoms with Crippen molar-refractivity contribution in [1.82, 2.24) is 0 Å². The van der Waals surface area contributed by atoms with E-state index in [4.69, 9.17) is 46.4 Å². The van der Waals surface area contributed by atoms with Crippen LogP contribution < -0.4 is 10.6 Å². The third-order valence-corrected chi connectivity index (χ3v) is 4.17. The van der Waals surface area contributed by atoms with E-state index >= 15 is 0 Å². The van der Waals surface area contributed by atoms with E-state index in [-0.39, 0.29) is 16.4 Å². The van der Waals surface area contributed by atoms with Crippen molar-refractivity contribution in [2.75, 3.05) is 10.6 Å². The number of nitrogens with one attached hydrogen (secondary N) is 2. The molecule has 0 aliphatic heterocycles. The third kappa shape index (κ3) is 4.26. The fraction of sp³-hybridized carbons (Fsp3) is 0.0714. The van der Waals surface area contributed by atoms with E-state index in [0.29, 0.717) is 26.3 Å². The summed E-state index contributed by atoms with van der Waals surface area (Å²) in [5.41, 5.74) is 0.861. The minimum Gasteiger partial charge on any atom is -0.308 e. The molecule has 0 bridgehead atoms. The molecule has 2 rings (SSSR count). The summed E-state index contributed by atoms with van der Waals surface area (Å²) in [7, 11) is 0. The molecule has 0 heterocycles. The predicted octanol–water partition coefficient (Wildman–Crippen LogP) is 6.65. The Morgan fingerprint density at radius 2 is 1.61 bits per heavy atom. The second-order valence-corrected chi connectivity index (χ2v) is 6.18. The monoisotopic (exact) mass is 391 g/mol. The van der Waals surface area contributed by atoms with Gasteiger partial charge in [-0.15, -0.1) is 4.91 Å². The van der Waals surface area contributed by atoms with Crippen LogP contribution in [-0.2, 0) is 0 Å². The Balaban J connectivity index is 2.25. The number of benzene rings is 2. The van der Waals surface area contributed by atoms with Gasteiger partial charge in [0, 0.05) is 20.8 Å². The number of carbonyl (C=O) groups excluding carboxylic acids is 1. The first kappa shape index (κ1) is 17.8. The molecule has 120 valence electrons. The first-order valence-corrected chi connectivity index (χ1v) is 7.69. The number of rotatable bonds is 3. The Hall–Kier alpha value is -1.53. The number of nitroso groups, excluding NO2 is 1. The van der Waals surface area contributed by atoms with Crippen LogP contribution in [0.3, 0.4) is 0 Å². The van der Waals surface area contributed by atoms with Crippen LogP contribution in [0.4, 0.5) is 21.9 Å². The van der Waals surface area contributed by atoms with E-state index in [2.05, 4.69) is 15.8 Å². The molecular weight excluding hydrogens is 384 g/mol. The van der Waals surface area contributed by atoms with Crippen molar-refractivity contribution < 1.29 is 4.79 Å². The van der Waals surface area contributed by atoms with Gasteiger partial charge in [-0.25, -0.2) is 4.79 Å². The maximum absolute atomic E-state index is 12.0. The molecule has 0 aliphatic carbocycles. The number of nitrogens with zero attached hydrogens (tertiary/aromatic N) is 1. The second-order valence-electron chi connectivity index (χ2n) is 4.52. The van der Waals surface area contributed by atoms with Crippen molar-refractivity contribution in [1.29, 1.82) is 0 Å². The van der Waals surface area contributed by atoms with Crippen LogP contribution in [-0.4, -0.2) is 6.03 Å². The van der Waals surface area contributed by atoms with Gasteiger partial charge >= 0.3 is 6.03 Å². The van der Waals surface area contributed by atoms with Crippen molar-refractivity contribution in [2.24, 2.45) is 5.18 Å². The largest absolute Gasteiger partial charge is 0.323 e. The molecule has 0 spiro atoms. The Labute approximate surface area is 151 Å². The van der Waals surface area contributed by atoms with Gasteiger partial charge in [-0.2, -0.15) is 0 Å². The lowest BCUT2D eigenvalue weighted by Crippen LogP contribution is -2.19. The Kier molecular flexibility index (Phi) is 5.70. The molecule has 0 saturated carbocycles. The van der Waals surface area contributed by atoms with Gasteiger partial charge in [-0.1, -0.05) is 46.4 Å². The first-order valence-electron chi connectivity index (χ1n) is 6.18. The molecule has 2 aromatic rings. The topological polar surface area (TPSA) is 70.6 Å². The molecule has 5 nitrogen and oxygen atoms in total. The van der Waals surface area contributed by atoms with E-state index < -0.39 is 6.03 Å². The maximum Gasteiger partial charge on any atom is 0.323 e. The quantitative estimate of drug-likeness (QED) is 0.573. The van der Waals surface area contributed by atoms with E-state index in [1.54, 1.807) is 6.92 Å². The zero-order valence-electron chi connectivity index (χ0n) is 11.6. The number of hydrogen-bond donors (Lipinski definition) is 2. The van der Waals surface area contributed by atoms with Crippen molar-refractivity contribution >= 4 is 69.5 Å². The summed E-state index contributed by atoms with van der Waals surface area (Å²) < 4.78 is 0. The van der Waals surface area contributed by atoms with Gasteiger partial charge in [0.2, 0.25) is 0 Å². The zero-order chi connectivity index (χ0) is 17.1. The SMILES string of the molecule is Cc1c(Cl)cc(NC(=O)Nc2cc(Cl)cc(Cl)c2)c(N=O)c1Cl. The molecule has 9 heteroatoms. The highest BCUT2D eigenvalue weighted by molar-refractivity contribution is 6.38. The lowest BCUT2D eigenvalue weighted by molar-refractivity contribution is 0.262. The molecule has 0 fully saturated rings. The van der Waals surface area contributed by atoms with Crippen LogP contribution >= 0.6 is 46.4 Å². The van der Waals surface area contributed by atoms with Crippen LogP contribution in [0.5, 0.6) is 0 Å². The number of carbonyl (C=O) groups is 1. The molecule has 0 aliphatic rings. The Bertz CT molecular complexity index is 776. The number of amides is 2. The molecule has 0 radical (unpaired) electrons. The molecule has 0 aromatic heterocycles. The summed E-state index contributed by atoms with van der Waals surface area (Å²) in [6.07, 6.45) is 0. The second kappa shape index (κ2) is 7.36. The molecule has 0 unspecified atom stereocenters. The molecule has 0 atom stereocenters. The van der Waals surface area contributed by atoms with Crippen LogP contribution in [0.25, 0.3) is 0 Å². The van der Waals surface area contributed by atoms with Crippen LogP contribution in [0.2, 0.25) is 20.1 Å². The molecule has 2 N–H and O–H groups in total. The van der Waals surface area contributed by atoms with Gasteiger partial charge in [0.25, 0.3) is 0 Å². The van der Waals surface area contributed by atoms with E-state index in [9.17, 15) is 9.70 Å². The third-order valence-electron chi connectivity index (χ3n) is 2.88. The van der Waals surface area contributed by atoms with Crippen molar-refractivity contribution in [3.8, 4) is 0 Å². The molecule has 0 saturated heterocycles. The summed E-state index contributed by atoms with van der Waals surface area (Å²) in [5.74, 6) is 0. The zero-order valence-corrected chi connectivity index (χ0v) is 14.6. The fourth-order valence-corrected chi connectivity index (χ4v) is 2.82. The summed E-state index contributed by atoms with van der Waals surface area (Å²) in [6.45, 7) is 1.64. The highest BCUT2D eigenvalue weighted by Crippen LogP contribution is 2.39. The molecule has 2 aromatic carbocycles. The number of halogens is 4.